The van der Waals surface area contributed by atoms with Gasteiger partial charge in [0.25, 0.3) is 0 Å². The summed E-state index contributed by atoms with van der Waals surface area (Å²) in [7, 11) is 0. The van der Waals surface area contributed by atoms with Gasteiger partial charge < -0.3 is 5.11 Å². The second-order valence-electron chi connectivity index (χ2n) is 5.69. The molecule has 92 valence electrons. The lowest BCUT2D eigenvalue weighted by molar-refractivity contribution is 0.269. The highest BCUT2D eigenvalue weighted by molar-refractivity contribution is 5.36. The van der Waals surface area contributed by atoms with E-state index in [1.54, 1.807) is 11.1 Å². The van der Waals surface area contributed by atoms with Gasteiger partial charge in [0.15, 0.2) is 0 Å². The van der Waals surface area contributed by atoms with E-state index < -0.39 is 0 Å². The number of aliphatic hydroxyl groups excluding tert-OH is 1. The van der Waals surface area contributed by atoms with Crippen LogP contribution in [0.4, 0.5) is 0 Å². The molecule has 3 rings (SSSR count). The summed E-state index contributed by atoms with van der Waals surface area (Å²) >= 11 is 0. The highest BCUT2D eigenvalue weighted by Gasteiger charge is 2.32. The van der Waals surface area contributed by atoms with E-state index in [2.05, 4.69) is 18.2 Å². The minimum absolute atomic E-state index is 0.332. The van der Waals surface area contributed by atoms with E-state index in [1.807, 2.05) is 0 Å². The molecule has 1 atom stereocenters. The summed E-state index contributed by atoms with van der Waals surface area (Å²) in [5.74, 6) is 1.47. The van der Waals surface area contributed by atoms with Crippen LogP contribution in [0.3, 0.4) is 0 Å². The number of hydrogen-bond acceptors (Lipinski definition) is 1. The summed E-state index contributed by atoms with van der Waals surface area (Å²) in [6.07, 6.45) is 8.91. The average Bonchev–Trinajstić information content (AvgIpc) is 3.20. The quantitative estimate of drug-likeness (QED) is 0.840. The maximum atomic E-state index is 9.21. The van der Waals surface area contributed by atoms with Crippen molar-refractivity contribution in [1.29, 1.82) is 0 Å². The molecule has 1 heteroatoms. The molecule has 0 heterocycles. The molecule has 0 saturated heterocycles. The van der Waals surface area contributed by atoms with Gasteiger partial charge in [-0.25, -0.2) is 0 Å². The van der Waals surface area contributed by atoms with E-state index in [1.165, 1.54) is 44.1 Å². The monoisotopic (exact) mass is 230 g/mol. The molecule has 2 aliphatic carbocycles. The van der Waals surface area contributed by atoms with Crippen molar-refractivity contribution in [1.82, 2.24) is 0 Å². The topological polar surface area (TPSA) is 20.2 Å². The summed E-state index contributed by atoms with van der Waals surface area (Å²) in [5, 5.41) is 9.21. The summed E-state index contributed by atoms with van der Waals surface area (Å²) in [6, 6.07) is 7.10. The van der Waals surface area contributed by atoms with Crippen LogP contribution in [0.2, 0.25) is 0 Å². The van der Waals surface area contributed by atoms with Crippen molar-refractivity contribution in [3.8, 4) is 0 Å². The van der Waals surface area contributed by atoms with E-state index in [9.17, 15) is 5.11 Å². The standard InChI is InChI=1S/C16H22O/c17-10-9-16(13-6-7-13)15-8-5-12-3-1-2-4-14(12)11-15/h5,8,11,13,16-17H,1-4,6-7,9-10H2. The third-order valence-electron chi connectivity index (χ3n) is 4.43. The summed E-state index contributed by atoms with van der Waals surface area (Å²) in [6.45, 7) is 0.332. The Morgan fingerprint density at radius 1 is 1.12 bits per heavy atom. The molecule has 1 saturated carbocycles. The number of benzene rings is 1. The number of hydrogen-bond donors (Lipinski definition) is 1. The van der Waals surface area contributed by atoms with Crippen molar-refractivity contribution in [2.75, 3.05) is 6.61 Å². The zero-order chi connectivity index (χ0) is 11.7. The Hall–Kier alpha value is -0.820. The lowest BCUT2D eigenvalue weighted by atomic mass is 9.85. The van der Waals surface area contributed by atoms with E-state index in [0.29, 0.717) is 12.5 Å². The van der Waals surface area contributed by atoms with Crippen LogP contribution in [0.5, 0.6) is 0 Å². The fourth-order valence-corrected chi connectivity index (χ4v) is 3.30. The van der Waals surface area contributed by atoms with Crippen molar-refractivity contribution in [3.05, 3.63) is 34.9 Å². The van der Waals surface area contributed by atoms with Crippen LogP contribution in [-0.4, -0.2) is 11.7 Å². The molecule has 0 aliphatic heterocycles. The summed E-state index contributed by atoms with van der Waals surface area (Å²) in [4.78, 5) is 0. The first-order chi connectivity index (χ1) is 8.38. The number of fused-ring (bicyclic) bond motifs is 1. The molecule has 0 amide bonds. The Balaban J connectivity index is 1.85. The molecule has 17 heavy (non-hydrogen) atoms. The Bertz CT molecular complexity index is 393. The van der Waals surface area contributed by atoms with Crippen LogP contribution in [0.15, 0.2) is 18.2 Å². The Morgan fingerprint density at radius 2 is 1.88 bits per heavy atom. The van der Waals surface area contributed by atoms with Gasteiger partial charge in [-0.05, 0) is 73.5 Å². The average molecular weight is 230 g/mol. The minimum Gasteiger partial charge on any atom is -0.396 e. The molecule has 0 spiro atoms. The van der Waals surface area contributed by atoms with Crippen LogP contribution < -0.4 is 0 Å². The molecule has 1 N–H and O–H groups in total. The molecule has 1 aromatic carbocycles. The second kappa shape index (κ2) is 4.81. The molecular weight excluding hydrogens is 208 g/mol. The predicted molar refractivity (Wildman–Crippen MR) is 70.3 cm³/mol. The van der Waals surface area contributed by atoms with E-state index >= 15 is 0 Å². The molecule has 2 aliphatic rings. The lowest BCUT2D eigenvalue weighted by Gasteiger charge is -2.21. The molecule has 1 aromatic rings. The maximum Gasteiger partial charge on any atom is 0.0436 e. The number of rotatable bonds is 4. The normalized spacial score (nSPS) is 21.0. The number of aryl methyl sites for hydroxylation is 2. The first-order valence-electron chi connectivity index (χ1n) is 7.11. The van der Waals surface area contributed by atoms with E-state index in [-0.39, 0.29) is 0 Å². The molecule has 1 nitrogen and oxygen atoms in total. The van der Waals surface area contributed by atoms with Gasteiger partial charge in [0.2, 0.25) is 0 Å². The Kier molecular flexibility index (Phi) is 3.19. The highest BCUT2D eigenvalue weighted by atomic mass is 16.3. The minimum atomic E-state index is 0.332. The van der Waals surface area contributed by atoms with Gasteiger partial charge in [0.1, 0.15) is 0 Å². The fourth-order valence-electron chi connectivity index (χ4n) is 3.30. The lowest BCUT2D eigenvalue weighted by Crippen LogP contribution is -2.08. The van der Waals surface area contributed by atoms with Crippen molar-refractivity contribution < 1.29 is 5.11 Å². The Morgan fingerprint density at radius 3 is 2.59 bits per heavy atom. The molecule has 1 unspecified atom stereocenters. The predicted octanol–water partition coefficient (Wildman–Crippen LogP) is 3.44. The molecule has 1 fully saturated rings. The van der Waals surface area contributed by atoms with Gasteiger partial charge >= 0.3 is 0 Å². The molecule has 0 bridgehead atoms. The van der Waals surface area contributed by atoms with E-state index in [4.69, 9.17) is 0 Å². The third kappa shape index (κ3) is 2.40. The van der Waals surface area contributed by atoms with Crippen molar-refractivity contribution in [2.45, 2.75) is 50.9 Å². The molecular formula is C16H22O. The summed E-state index contributed by atoms with van der Waals surface area (Å²) < 4.78 is 0. The summed E-state index contributed by atoms with van der Waals surface area (Å²) in [5.41, 5.74) is 4.64. The SMILES string of the molecule is OCCC(c1ccc2c(c1)CCCC2)C1CC1. The van der Waals surface area contributed by atoms with Gasteiger partial charge in [0, 0.05) is 6.61 Å². The third-order valence-corrected chi connectivity index (χ3v) is 4.43. The molecule has 0 aromatic heterocycles. The second-order valence-corrected chi connectivity index (χ2v) is 5.69. The van der Waals surface area contributed by atoms with Crippen molar-refractivity contribution in [3.63, 3.8) is 0 Å². The van der Waals surface area contributed by atoms with Gasteiger partial charge in [-0.1, -0.05) is 18.2 Å². The van der Waals surface area contributed by atoms with Crippen LogP contribution in [0.1, 0.15) is 54.7 Å². The Labute approximate surface area is 104 Å². The first kappa shape index (κ1) is 11.3. The fraction of sp³-hybridized carbons (Fsp3) is 0.625. The van der Waals surface area contributed by atoms with Crippen LogP contribution in [-0.2, 0) is 12.8 Å². The first-order valence-corrected chi connectivity index (χ1v) is 7.11. The van der Waals surface area contributed by atoms with Gasteiger partial charge in [-0.2, -0.15) is 0 Å². The maximum absolute atomic E-state index is 9.21. The van der Waals surface area contributed by atoms with Gasteiger partial charge in [-0.3, -0.25) is 0 Å². The zero-order valence-corrected chi connectivity index (χ0v) is 10.5. The molecule has 0 radical (unpaired) electrons. The van der Waals surface area contributed by atoms with Crippen molar-refractivity contribution >= 4 is 0 Å². The highest BCUT2D eigenvalue weighted by Crippen LogP contribution is 2.44. The van der Waals surface area contributed by atoms with Crippen molar-refractivity contribution in [2.24, 2.45) is 5.92 Å². The zero-order valence-electron chi connectivity index (χ0n) is 10.5. The largest absolute Gasteiger partial charge is 0.396 e. The number of aliphatic hydroxyl groups is 1. The van der Waals surface area contributed by atoms with Crippen LogP contribution in [0.25, 0.3) is 0 Å². The van der Waals surface area contributed by atoms with Crippen LogP contribution in [0, 0.1) is 5.92 Å². The van der Waals surface area contributed by atoms with Gasteiger partial charge in [-0.15, -0.1) is 0 Å². The smallest absolute Gasteiger partial charge is 0.0436 e. The van der Waals surface area contributed by atoms with E-state index in [0.717, 1.165) is 12.3 Å². The van der Waals surface area contributed by atoms with Crippen LogP contribution >= 0.6 is 0 Å². The van der Waals surface area contributed by atoms with Gasteiger partial charge in [0.05, 0.1) is 0 Å².